The molecular weight excluding hydrogens is 535 g/mol. The van der Waals surface area contributed by atoms with E-state index in [4.69, 9.17) is 5.73 Å². The second kappa shape index (κ2) is 9.84. The Balaban J connectivity index is 1.60. The molecule has 14 heteroatoms. The number of nitrogens with one attached hydrogen (secondary N) is 2. The molecule has 2 unspecified atom stereocenters. The van der Waals surface area contributed by atoms with E-state index < -0.39 is 35.4 Å². The van der Waals surface area contributed by atoms with Gasteiger partial charge in [-0.15, -0.1) is 0 Å². The number of hydrogen-bond donors (Lipinski definition) is 4. The Morgan fingerprint density at radius 1 is 1.18 bits per heavy atom. The number of carboxylic acid groups (broad SMARTS) is 1. The molecule has 10 nitrogen and oxygen atoms in total. The first-order valence-electron chi connectivity index (χ1n) is 12.2. The molecule has 1 saturated heterocycles. The van der Waals surface area contributed by atoms with Gasteiger partial charge in [0.05, 0.1) is 38.8 Å². The summed E-state index contributed by atoms with van der Waals surface area (Å²) in [5.41, 5.74) is 6.63. The Labute approximate surface area is 226 Å². The van der Waals surface area contributed by atoms with E-state index in [1.54, 1.807) is 13.1 Å². The fourth-order valence-corrected chi connectivity index (χ4v) is 6.19. The minimum atomic E-state index is -4.49. The van der Waals surface area contributed by atoms with E-state index in [1.807, 2.05) is 11.9 Å². The van der Waals surface area contributed by atoms with Crippen LogP contribution in [0.1, 0.15) is 22.3 Å². The molecule has 39 heavy (non-hydrogen) atoms. The van der Waals surface area contributed by atoms with E-state index in [-0.39, 0.29) is 12.0 Å². The predicted octanol–water partition coefficient (Wildman–Crippen LogP) is 3.13. The van der Waals surface area contributed by atoms with Crippen molar-refractivity contribution in [3.05, 3.63) is 47.5 Å². The Morgan fingerprint density at radius 2 is 1.90 bits per heavy atom. The number of carbonyl (C=O) groups is 2. The Hall–Kier alpha value is -3.62. The van der Waals surface area contributed by atoms with Crippen molar-refractivity contribution >= 4 is 49.9 Å². The molecule has 1 amide bonds. The highest BCUT2D eigenvalue weighted by atomic mass is 32.1. The minimum absolute atomic E-state index is 0.0447. The molecule has 1 fully saturated rings. The Bertz CT molecular complexity index is 1420. The average molecular weight is 564 g/mol. The molecule has 3 heterocycles. The van der Waals surface area contributed by atoms with Gasteiger partial charge in [-0.2, -0.15) is 13.2 Å². The number of likely N-dealkylation sites (N-methyl/N-ethyl adjacent to an activating group) is 2. The number of nitrogens with two attached hydrogens (primary N) is 1. The highest BCUT2D eigenvalue weighted by Crippen LogP contribution is 2.44. The van der Waals surface area contributed by atoms with Crippen LogP contribution in [0.5, 0.6) is 0 Å². The molecule has 0 radical (unpaired) electrons. The van der Waals surface area contributed by atoms with Crippen LogP contribution >= 0.6 is 11.3 Å². The van der Waals surface area contributed by atoms with Crippen molar-refractivity contribution in [1.29, 1.82) is 0 Å². The number of nitrogens with zero attached hydrogens (tertiary/aromatic N) is 4. The van der Waals surface area contributed by atoms with Crippen LogP contribution in [-0.4, -0.2) is 83.9 Å². The molecule has 1 aromatic heterocycles. The molecule has 0 spiro atoms. The number of carboxylic acids is 1. The number of fused-ring (bicyclic) bond motifs is 2. The maximum atomic E-state index is 13.3. The number of halogens is 3. The molecule has 3 aromatic rings. The molecular formula is C25H28F3N7O3S. The quantitative estimate of drug-likeness (QED) is 0.343. The van der Waals surface area contributed by atoms with Gasteiger partial charge in [-0.1, -0.05) is 11.3 Å². The number of rotatable bonds is 7. The zero-order valence-corrected chi connectivity index (χ0v) is 22.1. The smallest absolute Gasteiger partial charge is 0.416 e. The van der Waals surface area contributed by atoms with Crippen molar-refractivity contribution in [2.24, 2.45) is 5.73 Å². The Morgan fingerprint density at radius 3 is 2.54 bits per heavy atom. The standard InChI is InChI=1S/C25H28F3N7O3S/c1-33-7-9-35(10-8-33)20(13-21(29)36)25(31-17-11-14(22(37)38)3-6-18(17)34(25)2)32-23-30-16-5-4-15(24(26,27)28)12-19(16)39-23/h3-6,11-12,20,31H,7-10,13H2,1-2H3,(H2,29,36)(H,30,32)(H,37,38). The van der Waals surface area contributed by atoms with E-state index in [9.17, 15) is 27.9 Å². The topological polar surface area (TPSA) is 127 Å². The summed E-state index contributed by atoms with van der Waals surface area (Å²) in [6, 6.07) is 7.51. The number of amides is 1. The van der Waals surface area contributed by atoms with Crippen molar-refractivity contribution in [3.8, 4) is 0 Å². The van der Waals surface area contributed by atoms with Gasteiger partial charge in [-0.05, 0) is 43.4 Å². The van der Waals surface area contributed by atoms with Crippen LogP contribution in [0.25, 0.3) is 10.2 Å². The van der Waals surface area contributed by atoms with Gasteiger partial charge in [0.15, 0.2) is 5.13 Å². The molecule has 0 aliphatic carbocycles. The van der Waals surface area contributed by atoms with Crippen molar-refractivity contribution < 1.29 is 27.9 Å². The van der Waals surface area contributed by atoms with Gasteiger partial charge in [-0.25, -0.2) is 9.78 Å². The lowest BCUT2D eigenvalue weighted by Gasteiger charge is -2.49. The van der Waals surface area contributed by atoms with Gasteiger partial charge in [0.25, 0.3) is 0 Å². The number of primary amides is 1. The first-order chi connectivity index (χ1) is 18.4. The first kappa shape index (κ1) is 27.0. The number of benzene rings is 2. The molecule has 2 aliphatic rings. The zero-order valence-electron chi connectivity index (χ0n) is 21.2. The lowest BCUT2D eigenvalue weighted by molar-refractivity contribution is -0.137. The number of aromatic carboxylic acids is 1. The van der Waals surface area contributed by atoms with Crippen LogP contribution in [-0.2, 0) is 11.0 Å². The summed E-state index contributed by atoms with van der Waals surface area (Å²) in [4.78, 5) is 34.8. The second-order valence-corrected chi connectivity index (χ2v) is 10.9. The van der Waals surface area contributed by atoms with E-state index in [2.05, 4.69) is 25.4 Å². The van der Waals surface area contributed by atoms with Gasteiger partial charge >= 0.3 is 12.1 Å². The molecule has 0 saturated carbocycles. The first-order valence-corrected chi connectivity index (χ1v) is 13.1. The third-order valence-electron chi connectivity index (χ3n) is 7.33. The summed E-state index contributed by atoms with van der Waals surface area (Å²) in [6.07, 6.45) is -4.53. The van der Waals surface area contributed by atoms with Gasteiger partial charge < -0.3 is 31.3 Å². The van der Waals surface area contributed by atoms with Gasteiger partial charge in [0.1, 0.15) is 0 Å². The number of alkyl halides is 3. The van der Waals surface area contributed by atoms with Gasteiger partial charge in [-0.3, -0.25) is 9.69 Å². The molecule has 5 N–H and O–H groups in total. The second-order valence-electron chi connectivity index (χ2n) is 9.84. The Kier molecular flexibility index (Phi) is 6.81. The van der Waals surface area contributed by atoms with Crippen LogP contribution in [0.3, 0.4) is 0 Å². The summed E-state index contributed by atoms with van der Waals surface area (Å²) in [6.45, 7) is 2.79. The number of carbonyl (C=O) groups excluding carboxylic acids is 1. The lowest BCUT2D eigenvalue weighted by Crippen LogP contribution is -2.70. The molecule has 0 bridgehead atoms. The molecule has 2 atom stereocenters. The highest BCUT2D eigenvalue weighted by molar-refractivity contribution is 7.22. The van der Waals surface area contributed by atoms with Crippen LogP contribution in [0.4, 0.5) is 29.7 Å². The molecule has 2 aromatic carbocycles. The lowest BCUT2D eigenvalue weighted by atomic mass is 10.0. The molecule has 2 aliphatic heterocycles. The number of piperazine rings is 1. The monoisotopic (exact) mass is 563 g/mol. The number of thiazole rings is 1. The van der Waals surface area contributed by atoms with E-state index in [1.165, 1.54) is 18.2 Å². The molecule has 5 rings (SSSR count). The normalized spacial score (nSPS) is 21.0. The van der Waals surface area contributed by atoms with Crippen molar-refractivity contribution in [1.82, 2.24) is 14.8 Å². The number of aromatic nitrogens is 1. The maximum Gasteiger partial charge on any atom is 0.416 e. The van der Waals surface area contributed by atoms with Crippen molar-refractivity contribution in [2.75, 3.05) is 55.8 Å². The van der Waals surface area contributed by atoms with Gasteiger partial charge in [0, 0.05) is 39.6 Å². The van der Waals surface area contributed by atoms with Crippen LogP contribution in [0, 0.1) is 0 Å². The third-order valence-corrected chi connectivity index (χ3v) is 8.26. The fourth-order valence-electron chi connectivity index (χ4n) is 5.23. The zero-order chi connectivity index (χ0) is 28.1. The van der Waals surface area contributed by atoms with Crippen LogP contribution < -0.4 is 21.3 Å². The predicted molar refractivity (Wildman–Crippen MR) is 143 cm³/mol. The highest BCUT2D eigenvalue weighted by Gasteiger charge is 2.52. The average Bonchev–Trinajstić information content (AvgIpc) is 3.39. The van der Waals surface area contributed by atoms with Crippen molar-refractivity contribution in [2.45, 2.75) is 24.4 Å². The SMILES string of the molecule is CN1CCN(C(CC(N)=O)C2(Nc3nc4ccc(C(F)(F)F)cc4s3)Nc3cc(C(=O)O)ccc3N2C)CC1. The van der Waals surface area contributed by atoms with E-state index in [0.29, 0.717) is 39.8 Å². The molecule has 208 valence electrons. The third kappa shape index (κ3) is 5.06. The van der Waals surface area contributed by atoms with Gasteiger partial charge in [0.2, 0.25) is 11.7 Å². The van der Waals surface area contributed by atoms with E-state index in [0.717, 1.165) is 36.6 Å². The summed E-state index contributed by atoms with van der Waals surface area (Å²) in [7, 11) is 3.80. The summed E-state index contributed by atoms with van der Waals surface area (Å²) >= 11 is 1.06. The van der Waals surface area contributed by atoms with Crippen molar-refractivity contribution in [3.63, 3.8) is 0 Å². The van der Waals surface area contributed by atoms with Crippen LogP contribution in [0.2, 0.25) is 0 Å². The minimum Gasteiger partial charge on any atom is -0.478 e. The van der Waals surface area contributed by atoms with E-state index >= 15 is 0 Å². The fraction of sp³-hybridized carbons (Fsp3) is 0.400. The summed E-state index contributed by atoms with van der Waals surface area (Å²) in [5.74, 6) is -2.85. The number of anilines is 3. The number of hydrogen-bond acceptors (Lipinski definition) is 9. The van der Waals surface area contributed by atoms with Crippen LogP contribution in [0.15, 0.2) is 36.4 Å². The maximum absolute atomic E-state index is 13.3. The summed E-state index contributed by atoms with van der Waals surface area (Å²) in [5, 5.41) is 16.7. The summed E-state index contributed by atoms with van der Waals surface area (Å²) < 4.78 is 40.3. The largest absolute Gasteiger partial charge is 0.478 e.